The van der Waals surface area contributed by atoms with Crippen molar-refractivity contribution in [2.45, 2.75) is 111 Å². The number of anilines is 1. The number of hydrogen-bond acceptors (Lipinski definition) is 9. The molecule has 3 amide bonds. The Labute approximate surface area is 275 Å². The Kier molecular flexibility index (Phi) is 12.8. The predicted octanol–water partition coefficient (Wildman–Crippen LogP) is 4.58. The third kappa shape index (κ3) is 10.5. The van der Waals surface area contributed by atoms with Crippen LogP contribution in [0.4, 0.5) is 10.6 Å². The van der Waals surface area contributed by atoms with Gasteiger partial charge in [0.05, 0.1) is 24.2 Å². The van der Waals surface area contributed by atoms with E-state index in [9.17, 15) is 14.4 Å². The molecule has 0 aromatic carbocycles. The highest BCUT2D eigenvalue weighted by Gasteiger charge is 2.42. The van der Waals surface area contributed by atoms with E-state index in [4.69, 9.17) is 19.2 Å². The minimum atomic E-state index is -0.707. The van der Waals surface area contributed by atoms with Crippen LogP contribution in [-0.2, 0) is 24.4 Å². The summed E-state index contributed by atoms with van der Waals surface area (Å²) in [5.41, 5.74) is -0.664. The zero-order valence-electron chi connectivity index (χ0n) is 30.0. The molecule has 2 saturated heterocycles. The molecule has 1 aromatic rings. The normalized spacial score (nSPS) is 22.5. The van der Waals surface area contributed by atoms with E-state index in [1.54, 1.807) is 18.2 Å². The largest absolute Gasteiger partial charge is 0.444 e. The van der Waals surface area contributed by atoms with E-state index in [-0.39, 0.29) is 48.4 Å². The van der Waals surface area contributed by atoms with E-state index in [0.717, 1.165) is 6.42 Å². The lowest BCUT2D eigenvalue weighted by Crippen LogP contribution is -2.59. The maximum atomic E-state index is 14.6. The van der Waals surface area contributed by atoms with Crippen molar-refractivity contribution in [1.29, 1.82) is 0 Å². The van der Waals surface area contributed by atoms with Gasteiger partial charge in [0.2, 0.25) is 5.91 Å². The SMILES string of the molecule is COCCCNc1nc(C(C)(C)C)ncc1C(=O)N(CC(C)C)[C@H]1C[C@@H](C(=O)N2CC(C)OC(C)C2)CN(C(=O)OC(C)(C)C)C1. The van der Waals surface area contributed by atoms with E-state index < -0.39 is 23.7 Å². The van der Waals surface area contributed by atoms with Crippen LogP contribution < -0.4 is 5.32 Å². The first-order valence-electron chi connectivity index (χ1n) is 16.7. The number of amides is 3. The summed E-state index contributed by atoms with van der Waals surface area (Å²) in [5, 5.41) is 3.35. The number of hydrogen-bond donors (Lipinski definition) is 1. The number of nitrogens with zero attached hydrogens (tertiary/aromatic N) is 5. The number of piperidine rings is 1. The highest BCUT2D eigenvalue weighted by atomic mass is 16.6. The Morgan fingerprint density at radius 1 is 1.04 bits per heavy atom. The summed E-state index contributed by atoms with van der Waals surface area (Å²) in [6.45, 7) is 22.6. The Hall–Kier alpha value is -2.99. The number of rotatable bonds is 10. The first kappa shape index (κ1) is 37.5. The van der Waals surface area contributed by atoms with E-state index in [1.807, 2.05) is 65.2 Å². The maximum Gasteiger partial charge on any atom is 0.410 e. The fourth-order valence-electron chi connectivity index (χ4n) is 5.97. The van der Waals surface area contributed by atoms with Gasteiger partial charge in [-0.3, -0.25) is 9.59 Å². The minimum absolute atomic E-state index is 0.0319. The van der Waals surface area contributed by atoms with Crippen molar-refractivity contribution in [3.8, 4) is 0 Å². The summed E-state index contributed by atoms with van der Waals surface area (Å²) >= 11 is 0. The molecule has 0 aliphatic carbocycles. The fraction of sp³-hybridized carbons (Fsp3) is 0.794. The molecule has 3 heterocycles. The number of carbonyl (C=O) groups is 3. The summed E-state index contributed by atoms with van der Waals surface area (Å²) in [7, 11) is 1.66. The van der Waals surface area contributed by atoms with Gasteiger partial charge in [0.15, 0.2) is 0 Å². The summed E-state index contributed by atoms with van der Waals surface area (Å²) in [4.78, 5) is 56.7. The van der Waals surface area contributed by atoms with E-state index in [2.05, 4.69) is 24.1 Å². The summed E-state index contributed by atoms with van der Waals surface area (Å²) in [6.07, 6.45) is 2.11. The van der Waals surface area contributed by atoms with Crippen molar-refractivity contribution in [2.75, 3.05) is 58.3 Å². The second-order valence-electron chi connectivity index (χ2n) is 15.3. The average molecular weight is 647 g/mol. The average Bonchev–Trinajstić information content (AvgIpc) is 2.95. The van der Waals surface area contributed by atoms with Crippen molar-refractivity contribution >= 4 is 23.7 Å². The molecule has 1 N–H and O–H groups in total. The quantitative estimate of drug-likeness (QED) is 0.364. The molecule has 2 unspecified atom stereocenters. The Balaban J connectivity index is 2.01. The van der Waals surface area contributed by atoms with Crippen LogP contribution in [0.2, 0.25) is 0 Å². The summed E-state index contributed by atoms with van der Waals surface area (Å²) in [5.74, 6) is 0.455. The van der Waals surface area contributed by atoms with Crippen LogP contribution in [0.5, 0.6) is 0 Å². The van der Waals surface area contributed by atoms with Gasteiger partial charge in [-0.25, -0.2) is 14.8 Å². The zero-order chi connectivity index (χ0) is 34.4. The third-order valence-corrected chi connectivity index (χ3v) is 7.93. The minimum Gasteiger partial charge on any atom is -0.444 e. The molecule has 0 spiro atoms. The van der Waals surface area contributed by atoms with Gasteiger partial charge in [-0.15, -0.1) is 0 Å². The molecule has 2 aliphatic rings. The van der Waals surface area contributed by atoms with E-state index >= 15 is 0 Å². The predicted molar refractivity (Wildman–Crippen MR) is 178 cm³/mol. The molecule has 0 radical (unpaired) electrons. The van der Waals surface area contributed by atoms with Gasteiger partial charge in [-0.2, -0.15) is 0 Å². The fourth-order valence-corrected chi connectivity index (χ4v) is 5.97. The molecule has 12 nitrogen and oxygen atoms in total. The van der Waals surface area contributed by atoms with Gasteiger partial charge in [0.1, 0.15) is 22.8 Å². The van der Waals surface area contributed by atoms with Crippen LogP contribution >= 0.6 is 0 Å². The molecule has 0 bridgehead atoms. The van der Waals surface area contributed by atoms with Crippen molar-refractivity contribution in [3.63, 3.8) is 0 Å². The number of carbonyl (C=O) groups excluding carboxylic acids is 3. The number of likely N-dealkylation sites (tertiary alicyclic amines) is 1. The standard InChI is InChI=1S/C34H58N6O6/c1-22(2)17-40(30(42)27-16-36-31(33(5,6)7)37-28(27)35-13-12-14-44-11)26-15-25(20-39(21-26)32(43)46-34(8,9)10)29(41)38-18-23(3)45-24(4)19-38/h16,22-26H,12-15,17-21H2,1-11H3,(H,35,36,37)/t23?,24?,25-,26+/m1/s1. The molecule has 4 atom stereocenters. The lowest BCUT2D eigenvalue weighted by Gasteiger charge is -2.45. The second kappa shape index (κ2) is 15.7. The van der Waals surface area contributed by atoms with E-state index in [1.165, 1.54) is 0 Å². The Bertz CT molecular complexity index is 1190. The topological polar surface area (TPSA) is 126 Å². The molecule has 12 heteroatoms. The molecule has 1 aromatic heterocycles. The van der Waals surface area contributed by atoms with Crippen LogP contribution in [0.3, 0.4) is 0 Å². The lowest BCUT2D eigenvalue weighted by molar-refractivity contribution is -0.149. The highest BCUT2D eigenvalue weighted by Crippen LogP contribution is 2.29. The van der Waals surface area contributed by atoms with E-state index in [0.29, 0.717) is 56.4 Å². The monoisotopic (exact) mass is 646 g/mol. The molecular formula is C34H58N6O6. The van der Waals surface area contributed by atoms with Crippen LogP contribution in [-0.4, -0.2) is 119 Å². The first-order valence-corrected chi connectivity index (χ1v) is 16.7. The van der Waals surface area contributed by atoms with Crippen LogP contribution in [0.1, 0.15) is 98.3 Å². The van der Waals surface area contributed by atoms with Crippen LogP contribution in [0, 0.1) is 11.8 Å². The van der Waals surface area contributed by atoms with Gasteiger partial charge < -0.3 is 34.2 Å². The van der Waals surface area contributed by atoms with Gasteiger partial charge in [-0.1, -0.05) is 34.6 Å². The molecule has 260 valence electrons. The first-order chi connectivity index (χ1) is 21.4. The summed E-state index contributed by atoms with van der Waals surface area (Å²) in [6, 6.07) is -0.426. The van der Waals surface area contributed by atoms with Crippen molar-refractivity contribution in [1.82, 2.24) is 24.7 Å². The third-order valence-electron chi connectivity index (χ3n) is 7.93. The number of aromatic nitrogens is 2. The number of ether oxygens (including phenoxy) is 3. The van der Waals surface area contributed by atoms with Gasteiger partial charge in [0, 0.05) is 64.6 Å². The maximum absolute atomic E-state index is 14.6. The smallest absolute Gasteiger partial charge is 0.410 e. The lowest BCUT2D eigenvalue weighted by atomic mass is 9.90. The number of morpholine rings is 1. The molecule has 3 rings (SSSR count). The number of nitrogens with one attached hydrogen (secondary N) is 1. The molecule has 2 aliphatic heterocycles. The zero-order valence-corrected chi connectivity index (χ0v) is 30.0. The Morgan fingerprint density at radius 2 is 1.70 bits per heavy atom. The summed E-state index contributed by atoms with van der Waals surface area (Å²) < 4.78 is 16.9. The van der Waals surface area contributed by atoms with Crippen LogP contribution in [0.15, 0.2) is 6.20 Å². The highest BCUT2D eigenvalue weighted by molar-refractivity contribution is 5.98. The molecular weight excluding hydrogens is 588 g/mol. The number of methoxy groups -OCH3 is 1. The van der Waals surface area contributed by atoms with Crippen molar-refractivity contribution in [3.05, 3.63) is 17.6 Å². The molecule has 46 heavy (non-hydrogen) atoms. The molecule has 0 saturated carbocycles. The van der Waals surface area contributed by atoms with Crippen molar-refractivity contribution in [2.24, 2.45) is 11.8 Å². The second-order valence-corrected chi connectivity index (χ2v) is 15.3. The van der Waals surface area contributed by atoms with Gasteiger partial charge >= 0.3 is 6.09 Å². The van der Waals surface area contributed by atoms with Crippen LogP contribution in [0.25, 0.3) is 0 Å². The van der Waals surface area contributed by atoms with Gasteiger partial charge in [-0.05, 0) is 53.4 Å². The molecule has 2 fully saturated rings. The van der Waals surface area contributed by atoms with Gasteiger partial charge in [0.25, 0.3) is 5.91 Å². The van der Waals surface area contributed by atoms with Crippen molar-refractivity contribution < 1.29 is 28.6 Å². The Morgan fingerprint density at radius 3 is 2.26 bits per heavy atom.